The number of para-hydroxylation sites is 1. The minimum absolute atomic E-state index is 0.320. The molecule has 11 heteroatoms. The van der Waals surface area contributed by atoms with Crippen molar-refractivity contribution in [3.05, 3.63) is 58.9 Å². The number of thioether (sulfide) groups is 1. The molecule has 0 bridgehead atoms. The largest absolute Gasteiger partial charge is 0.573 e. The number of rotatable bonds is 6. The fraction of sp³-hybridized carbons (Fsp3) is 0.304. The summed E-state index contributed by atoms with van der Waals surface area (Å²) in [4.78, 5) is 23.8. The van der Waals surface area contributed by atoms with Crippen molar-refractivity contribution in [2.45, 2.75) is 11.5 Å². The lowest BCUT2D eigenvalue weighted by Crippen LogP contribution is -2.37. The molecule has 1 fully saturated rings. The third-order valence-corrected chi connectivity index (χ3v) is 6.48. The van der Waals surface area contributed by atoms with Gasteiger partial charge in [-0.05, 0) is 30.3 Å². The van der Waals surface area contributed by atoms with E-state index in [-0.39, 0.29) is 11.3 Å². The zero-order chi connectivity index (χ0) is 23.7. The van der Waals surface area contributed by atoms with Gasteiger partial charge in [0.25, 0.3) is 5.56 Å². The van der Waals surface area contributed by atoms with E-state index in [4.69, 9.17) is 9.72 Å². The molecule has 1 N–H and O–H groups in total. The zero-order valence-electron chi connectivity index (χ0n) is 18.0. The van der Waals surface area contributed by atoms with Crippen LogP contribution >= 0.6 is 11.8 Å². The lowest BCUT2D eigenvalue weighted by Gasteiger charge is -2.26. The van der Waals surface area contributed by atoms with Gasteiger partial charge in [0.1, 0.15) is 16.8 Å². The minimum atomic E-state index is -4.79. The van der Waals surface area contributed by atoms with Crippen LogP contribution in [-0.2, 0) is 4.74 Å². The second-order valence-corrected chi connectivity index (χ2v) is 8.84. The number of fused-ring (bicyclic) bond motifs is 3. The standard InChI is InChI=1S/C23H21F3N4O3S/c24-23(25,26)33-16-7-5-15(6-8-16)30-21(31)20-19(17-3-1-2-4-18(17)27-20)28-22(30)34-14-11-29-9-12-32-13-10-29/h1-8,27H,9-14H2. The summed E-state index contributed by atoms with van der Waals surface area (Å²) in [6.45, 7) is 3.89. The Balaban J connectivity index is 1.54. The van der Waals surface area contributed by atoms with Crippen LogP contribution in [0.4, 0.5) is 13.2 Å². The highest BCUT2D eigenvalue weighted by Gasteiger charge is 2.31. The van der Waals surface area contributed by atoms with Gasteiger partial charge in [-0.25, -0.2) is 4.98 Å². The number of morpholine rings is 1. The zero-order valence-corrected chi connectivity index (χ0v) is 18.8. The lowest BCUT2D eigenvalue weighted by molar-refractivity contribution is -0.274. The number of aromatic nitrogens is 3. The van der Waals surface area contributed by atoms with Crippen molar-refractivity contribution in [2.75, 3.05) is 38.6 Å². The van der Waals surface area contributed by atoms with E-state index in [1.807, 2.05) is 24.3 Å². The Labute approximate surface area is 196 Å². The van der Waals surface area contributed by atoms with Crippen LogP contribution in [0, 0.1) is 0 Å². The summed E-state index contributed by atoms with van der Waals surface area (Å²) in [7, 11) is 0. The summed E-state index contributed by atoms with van der Waals surface area (Å²) >= 11 is 1.43. The first-order chi connectivity index (χ1) is 16.4. The second-order valence-electron chi connectivity index (χ2n) is 7.77. The van der Waals surface area contributed by atoms with E-state index < -0.39 is 6.36 Å². The number of halogens is 3. The van der Waals surface area contributed by atoms with Crippen molar-refractivity contribution in [1.82, 2.24) is 19.4 Å². The molecule has 7 nitrogen and oxygen atoms in total. The molecule has 5 rings (SSSR count). The monoisotopic (exact) mass is 490 g/mol. The van der Waals surface area contributed by atoms with Crippen LogP contribution in [0.1, 0.15) is 0 Å². The van der Waals surface area contributed by atoms with Crippen LogP contribution in [0.15, 0.2) is 58.5 Å². The predicted molar refractivity (Wildman–Crippen MR) is 124 cm³/mol. The van der Waals surface area contributed by atoms with Gasteiger partial charge in [-0.1, -0.05) is 30.0 Å². The van der Waals surface area contributed by atoms with Gasteiger partial charge in [0.2, 0.25) is 0 Å². The molecule has 178 valence electrons. The van der Waals surface area contributed by atoms with Crippen molar-refractivity contribution >= 4 is 33.7 Å². The van der Waals surface area contributed by atoms with Crippen LogP contribution in [0.3, 0.4) is 0 Å². The Kier molecular flexibility index (Phi) is 6.24. The fourth-order valence-corrected chi connectivity index (χ4v) is 4.96. The number of nitrogens with one attached hydrogen (secondary N) is 1. The first-order valence-corrected chi connectivity index (χ1v) is 11.7. The number of nitrogens with zero attached hydrogens (tertiary/aromatic N) is 3. The van der Waals surface area contributed by atoms with E-state index in [2.05, 4.69) is 14.6 Å². The average Bonchev–Trinajstić information content (AvgIpc) is 3.19. The molecule has 0 unspecified atom stereocenters. The average molecular weight is 491 g/mol. The van der Waals surface area contributed by atoms with Crippen LogP contribution in [0.2, 0.25) is 0 Å². The van der Waals surface area contributed by atoms with E-state index in [9.17, 15) is 18.0 Å². The summed E-state index contributed by atoms with van der Waals surface area (Å²) in [6.07, 6.45) is -4.79. The van der Waals surface area contributed by atoms with E-state index in [1.54, 1.807) is 0 Å². The normalized spacial score (nSPS) is 15.3. The van der Waals surface area contributed by atoms with E-state index in [0.717, 1.165) is 30.5 Å². The quantitative estimate of drug-likeness (QED) is 0.323. The second kappa shape index (κ2) is 9.32. The first kappa shape index (κ1) is 22.8. The highest BCUT2D eigenvalue weighted by molar-refractivity contribution is 7.99. The summed E-state index contributed by atoms with van der Waals surface area (Å²) in [6, 6.07) is 12.7. The van der Waals surface area contributed by atoms with Gasteiger partial charge >= 0.3 is 6.36 Å². The molecule has 0 spiro atoms. The first-order valence-electron chi connectivity index (χ1n) is 10.7. The van der Waals surface area contributed by atoms with Crippen molar-refractivity contribution in [3.8, 4) is 11.4 Å². The van der Waals surface area contributed by atoms with E-state index >= 15 is 0 Å². The molecule has 0 aliphatic carbocycles. The Morgan fingerprint density at radius 1 is 1.09 bits per heavy atom. The molecule has 0 radical (unpaired) electrons. The third kappa shape index (κ3) is 4.77. The Morgan fingerprint density at radius 3 is 2.56 bits per heavy atom. The summed E-state index contributed by atoms with van der Waals surface area (Å²) in [5.74, 6) is 0.334. The van der Waals surface area contributed by atoms with E-state index in [1.165, 1.54) is 40.6 Å². The topological polar surface area (TPSA) is 72.4 Å². The third-order valence-electron chi connectivity index (χ3n) is 5.57. The van der Waals surface area contributed by atoms with Gasteiger partial charge in [-0.3, -0.25) is 14.3 Å². The minimum Gasteiger partial charge on any atom is -0.406 e. The number of benzene rings is 2. The summed E-state index contributed by atoms with van der Waals surface area (Å²) in [5, 5.41) is 1.31. The van der Waals surface area contributed by atoms with Crippen LogP contribution in [0.5, 0.6) is 5.75 Å². The van der Waals surface area contributed by atoms with Crippen molar-refractivity contribution in [2.24, 2.45) is 0 Å². The summed E-state index contributed by atoms with van der Waals surface area (Å²) in [5.41, 5.74) is 1.79. The molecule has 3 heterocycles. The van der Waals surface area contributed by atoms with Crippen molar-refractivity contribution < 1.29 is 22.6 Å². The van der Waals surface area contributed by atoms with Crippen LogP contribution in [-0.4, -0.2) is 64.4 Å². The Morgan fingerprint density at radius 2 is 1.82 bits per heavy atom. The number of aromatic amines is 1. The smallest absolute Gasteiger partial charge is 0.406 e. The Bertz CT molecular complexity index is 1360. The Hall–Kier alpha value is -3.02. The molecule has 2 aromatic carbocycles. The maximum atomic E-state index is 13.5. The van der Waals surface area contributed by atoms with Crippen molar-refractivity contribution in [1.29, 1.82) is 0 Å². The SMILES string of the molecule is O=c1c2[nH]c3ccccc3c2nc(SCCN2CCOCC2)n1-c1ccc(OC(F)(F)F)cc1. The molecule has 1 aliphatic heterocycles. The fourth-order valence-electron chi connectivity index (χ4n) is 3.95. The van der Waals surface area contributed by atoms with Gasteiger partial charge in [0, 0.05) is 36.3 Å². The number of ether oxygens (including phenoxy) is 2. The highest BCUT2D eigenvalue weighted by Crippen LogP contribution is 2.28. The maximum absolute atomic E-state index is 13.5. The molecule has 0 atom stereocenters. The van der Waals surface area contributed by atoms with E-state index in [0.29, 0.717) is 40.8 Å². The number of hydrogen-bond acceptors (Lipinski definition) is 6. The van der Waals surface area contributed by atoms with Gasteiger partial charge in [0.05, 0.1) is 18.9 Å². The molecule has 0 saturated carbocycles. The highest BCUT2D eigenvalue weighted by atomic mass is 32.2. The van der Waals surface area contributed by atoms with Gasteiger partial charge in [0.15, 0.2) is 5.16 Å². The number of alkyl halides is 3. The van der Waals surface area contributed by atoms with Crippen LogP contribution < -0.4 is 10.3 Å². The predicted octanol–water partition coefficient (Wildman–Crippen LogP) is 4.19. The van der Waals surface area contributed by atoms with Crippen LogP contribution in [0.25, 0.3) is 27.6 Å². The van der Waals surface area contributed by atoms with Gasteiger partial charge in [-0.2, -0.15) is 0 Å². The molecule has 4 aromatic rings. The lowest BCUT2D eigenvalue weighted by atomic mass is 10.2. The van der Waals surface area contributed by atoms with Gasteiger partial charge in [-0.15, -0.1) is 13.2 Å². The molecular formula is C23H21F3N4O3S. The molecular weight excluding hydrogens is 469 g/mol. The molecule has 1 aliphatic rings. The molecule has 1 saturated heterocycles. The summed E-state index contributed by atoms with van der Waals surface area (Å²) < 4.78 is 48.4. The number of hydrogen-bond donors (Lipinski definition) is 1. The number of H-pyrrole nitrogens is 1. The molecule has 2 aromatic heterocycles. The molecule has 34 heavy (non-hydrogen) atoms. The maximum Gasteiger partial charge on any atom is 0.573 e. The molecule has 0 amide bonds. The van der Waals surface area contributed by atoms with Gasteiger partial charge < -0.3 is 14.5 Å². The van der Waals surface area contributed by atoms with Crippen molar-refractivity contribution in [3.63, 3.8) is 0 Å².